The zero-order valence-electron chi connectivity index (χ0n) is 10.9. The molecule has 0 bridgehead atoms. The number of aryl methyl sites for hydroxylation is 1. The SMILES string of the molecule is Cc1cc(C(F)(F)F)c2c(=O)n(-c3ccccc3)[nH]c2n1. The Hall–Kier alpha value is -2.57. The minimum atomic E-state index is -4.61. The first-order chi connectivity index (χ1) is 9.88. The monoisotopic (exact) mass is 293 g/mol. The molecule has 1 aromatic carbocycles. The third kappa shape index (κ3) is 2.20. The van der Waals surface area contributed by atoms with Gasteiger partial charge in [-0.1, -0.05) is 18.2 Å². The first-order valence-electron chi connectivity index (χ1n) is 6.13. The highest BCUT2D eigenvalue weighted by atomic mass is 19.4. The first kappa shape index (κ1) is 13.4. The molecule has 2 heterocycles. The lowest BCUT2D eigenvalue weighted by Gasteiger charge is -2.07. The van der Waals surface area contributed by atoms with Crippen LogP contribution in [0.2, 0.25) is 0 Å². The van der Waals surface area contributed by atoms with Crippen LogP contribution in [0.1, 0.15) is 11.3 Å². The van der Waals surface area contributed by atoms with Crippen molar-refractivity contribution in [1.29, 1.82) is 0 Å². The van der Waals surface area contributed by atoms with Gasteiger partial charge in [-0.15, -0.1) is 0 Å². The molecule has 3 aromatic rings. The van der Waals surface area contributed by atoms with Crippen molar-refractivity contribution >= 4 is 11.0 Å². The van der Waals surface area contributed by atoms with Crippen molar-refractivity contribution < 1.29 is 13.2 Å². The summed E-state index contributed by atoms with van der Waals surface area (Å²) in [5.41, 5.74) is -1.17. The van der Waals surface area contributed by atoms with Gasteiger partial charge in [0.05, 0.1) is 16.6 Å². The number of hydrogen-bond donors (Lipinski definition) is 1. The van der Waals surface area contributed by atoms with Gasteiger partial charge in [-0.2, -0.15) is 13.2 Å². The molecule has 0 saturated heterocycles. The van der Waals surface area contributed by atoms with Crippen LogP contribution in [0.3, 0.4) is 0 Å². The number of rotatable bonds is 1. The van der Waals surface area contributed by atoms with Crippen LogP contribution < -0.4 is 5.56 Å². The molecule has 0 aliphatic rings. The van der Waals surface area contributed by atoms with Crippen molar-refractivity contribution in [2.24, 2.45) is 0 Å². The molecule has 0 amide bonds. The van der Waals surface area contributed by atoms with E-state index in [-0.39, 0.29) is 11.3 Å². The summed E-state index contributed by atoms with van der Waals surface area (Å²) in [4.78, 5) is 16.3. The Kier molecular flexibility index (Phi) is 2.86. The van der Waals surface area contributed by atoms with Crippen molar-refractivity contribution in [3.63, 3.8) is 0 Å². The number of benzene rings is 1. The Morgan fingerprint density at radius 2 is 1.86 bits per heavy atom. The minimum Gasteiger partial charge on any atom is -0.274 e. The van der Waals surface area contributed by atoms with Crippen LogP contribution in [0, 0.1) is 6.92 Å². The summed E-state index contributed by atoms with van der Waals surface area (Å²) in [6, 6.07) is 9.26. The molecule has 2 aromatic heterocycles. The predicted octanol–water partition coefficient (Wildman–Crippen LogP) is 3.04. The van der Waals surface area contributed by atoms with Gasteiger partial charge >= 0.3 is 6.18 Å². The standard InChI is InChI=1S/C14H10F3N3O/c1-8-7-10(14(15,16)17)11-12(18-8)19-20(13(11)21)9-5-3-2-4-6-9/h2-7H,1H3,(H,18,19). The maximum atomic E-state index is 13.1. The molecule has 0 unspecified atom stereocenters. The van der Waals surface area contributed by atoms with Gasteiger partial charge in [-0.05, 0) is 25.1 Å². The highest BCUT2D eigenvalue weighted by molar-refractivity contribution is 5.79. The largest absolute Gasteiger partial charge is 0.417 e. The van der Waals surface area contributed by atoms with E-state index in [0.717, 1.165) is 10.7 Å². The van der Waals surface area contributed by atoms with Gasteiger partial charge in [-0.25, -0.2) is 9.67 Å². The average molecular weight is 293 g/mol. The summed E-state index contributed by atoms with van der Waals surface area (Å²) in [7, 11) is 0. The number of alkyl halides is 3. The van der Waals surface area contributed by atoms with Crippen LogP contribution in [0.4, 0.5) is 13.2 Å². The fraction of sp³-hybridized carbons (Fsp3) is 0.143. The smallest absolute Gasteiger partial charge is 0.274 e. The van der Waals surface area contributed by atoms with Gasteiger partial charge in [0, 0.05) is 5.69 Å². The summed E-state index contributed by atoms with van der Waals surface area (Å²) in [5.74, 6) is 0. The molecule has 0 radical (unpaired) electrons. The van der Waals surface area contributed by atoms with E-state index in [9.17, 15) is 18.0 Å². The molecule has 3 rings (SSSR count). The summed E-state index contributed by atoms with van der Waals surface area (Å²) in [6.07, 6.45) is -4.61. The Morgan fingerprint density at radius 3 is 2.48 bits per heavy atom. The van der Waals surface area contributed by atoms with Gasteiger partial charge in [0.2, 0.25) is 0 Å². The van der Waals surface area contributed by atoms with Crippen LogP contribution in [0.25, 0.3) is 16.7 Å². The van der Waals surface area contributed by atoms with Crippen LogP contribution in [0.5, 0.6) is 0 Å². The topological polar surface area (TPSA) is 50.7 Å². The van der Waals surface area contributed by atoms with Crippen LogP contribution >= 0.6 is 0 Å². The van der Waals surface area contributed by atoms with E-state index in [2.05, 4.69) is 10.1 Å². The molecular weight excluding hydrogens is 283 g/mol. The molecule has 0 aliphatic carbocycles. The van der Waals surface area contributed by atoms with E-state index < -0.39 is 22.7 Å². The zero-order valence-corrected chi connectivity index (χ0v) is 10.9. The molecule has 7 heteroatoms. The molecule has 1 N–H and O–H groups in total. The predicted molar refractivity (Wildman–Crippen MR) is 71.4 cm³/mol. The quantitative estimate of drug-likeness (QED) is 0.749. The third-order valence-electron chi connectivity index (χ3n) is 3.10. The number of hydrogen-bond acceptors (Lipinski definition) is 2. The first-order valence-corrected chi connectivity index (χ1v) is 6.13. The maximum Gasteiger partial charge on any atom is 0.417 e. The summed E-state index contributed by atoms with van der Waals surface area (Å²) >= 11 is 0. The van der Waals surface area contributed by atoms with Crippen molar-refractivity contribution in [3.05, 3.63) is 58.0 Å². The fourth-order valence-electron chi connectivity index (χ4n) is 2.22. The van der Waals surface area contributed by atoms with Crippen molar-refractivity contribution in [3.8, 4) is 5.69 Å². The van der Waals surface area contributed by atoms with Crippen molar-refractivity contribution in [1.82, 2.24) is 14.8 Å². The Bertz CT molecular complexity index is 863. The lowest BCUT2D eigenvalue weighted by Crippen LogP contribution is -2.17. The van der Waals surface area contributed by atoms with E-state index in [1.54, 1.807) is 30.3 Å². The Morgan fingerprint density at radius 1 is 1.19 bits per heavy atom. The molecule has 0 spiro atoms. The lowest BCUT2D eigenvalue weighted by molar-refractivity contribution is -0.136. The van der Waals surface area contributed by atoms with Crippen LogP contribution in [-0.2, 0) is 6.18 Å². The second kappa shape index (κ2) is 4.47. The summed E-state index contributed by atoms with van der Waals surface area (Å²) in [5, 5.41) is 2.18. The van der Waals surface area contributed by atoms with Gasteiger partial charge in [0.1, 0.15) is 0 Å². The van der Waals surface area contributed by atoms with Gasteiger partial charge in [-0.3, -0.25) is 9.89 Å². The Labute approximate surface area is 116 Å². The van der Waals surface area contributed by atoms with E-state index in [4.69, 9.17) is 0 Å². The molecule has 21 heavy (non-hydrogen) atoms. The second-order valence-corrected chi connectivity index (χ2v) is 4.62. The highest BCUT2D eigenvalue weighted by Gasteiger charge is 2.35. The van der Waals surface area contributed by atoms with Crippen molar-refractivity contribution in [2.75, 3.05) is 0 Å². The molecule has 108 valence electrons. The number of para-hydroxylation sites is 1. The number of fused-ring (bicyclic) bond motifs is 1. The number of H-pyrrole nitrogens is 1. The fourth-order valence-corrected chi connectivity index (χ4v) is 2.22. The van der Waals surface area contributed by atoms with E-state index in [1.807, 2.05) is 0 Å². The Balaban J connectivity index is 2.39. The molecule has 0 fully saturated rings. The third-order valence-corrected chi connectivity index (χ3v) is 3.10. The zero-order chi connectivity index (χ0) is 15.2. The average Bonchev–Trinajstić information content (AvgIpc) is 2.75. The number of aromatic nitrogens is 3. The maximum absolute atomic E-state index is 13.1. The van der Waals surface area contributed by atoms with E-state index in [1.165, 1.54) is 6.92 Å². The molecule has 4 nitrogen and oxygen atoms in total. The summed E-state index contributed by atoms with van der Waals surface area (Å²) < 4.78 is 40.4. The normalized spacial score (nSPS) is 12.0. The number of pyridine rings is 1. The summed E-state index contributed by atoms with van der Waals surface area (Å²) in [6.45, 7) is 1.45. The van der Waals surface area contributed by atoms with E-state index in [0.29, 0.717) is 5.69 Å². The number of aromatic amines is 1. The van der Waals surface area contributed by atoms with Gasteiger partial charge in [0.15, 0.2) is 5.65 Å². The highest BCUT2D eigenvalue weighted by Crippen LogP contribution is 2.33. The minimum absolute atomic E-state index is 0.0730. The van der Waals surface area contributed by atoms with Gasteiger partial charge < -0.3 is 0 Å². The second-order valence-electron chi connectivity index (χ2n) is 4.62. The molecule has 0 saturated carbocycles. The van der Waals surface area contributed by atoms with Gasteiger partial charge in [0.25, 0.3) is 5.56 Å². The van der Waals surface area contributed by atoms with E-state index >= 15 is 0 Å². The number of nitrogens with one attached hydrogen (secondary N) is 1. The number of nitrogens with zero attached hydrogens (tertiary/aromatic N) is 2. The lowest BCUT2D eigenvalue weighted by atomic mass is 10.1. The molecule has 0 aliphatic heterocycles. The molecule has 0 atom stereocenters. The van der Waals surface area contributed by atoms with Crippen LogP contribution in [0.15, 0.2) is 41.2 Å². The van der Waals surface area contributed by atoms with Crippen molar-refractivity contribution in [2.45, 2.75) is 13.1 Å². The number of halogens is 3. The molecular formula is C14H10F3N3O. The van der Waals surface area contributed by atoms with Crippen LogP contribution in [-0.4, -0.2) is 14.8 Å².